The number of para-hydroxylation sites is 1. The van der Waals surface area contributed by atoms with Crippen molar-refractivity contribution in [1.29, 1.82) is 0 Å². The molecule has 1 aromatic carbocycles. The van der Waals surface area contributed by atoms with E-state index < -0.39 is 0 Å². The summed E-state index contributed by atoms with van der Waals surface area (Å²) in [6.45, 7) is 2.23. The molecular formula is C21H27N5OS. The third kappa shape index (κ3) is 3.34. The quantitative estimate of drug-likeness (QED) is 0.756. The molecule has 28 heavy (non-hydrogen) atoms. The van der Waals surface area contributed by atoms with Crippen LogP contribution >= 0.6 is 11.8 Å². The molecule has 4 saturated carbocycles. The van der Waals surface area contributed by atoms with Gasteiger partial charge in [0.05, 0.1) is 11.4 Å². The Morgan fingerprint density at radius 3 is 2.46 bits per heavy atom. The largest absolute Gasteiger partial charge is 0.352 e. The molecule has 1 atom stereocenters. The van der Waals surface area contributed by atoms with Gasteiger partial charge >= 0.3 is 0 Å². The summed E-state index contributed by atoms with van der Waals surface area (Å²) in [6, 6.07) is 10.0. The second kappa shape index (κ2) is 7.17. The Morgan fingerprint density at radius 1 is 1.18 bits per heavy atom. The van der Waals surface area contributed by atoms with E-state index in [1.807, 2.05) is 30.3 Å². The Balaban J connectivity index is 1.20. The van der Waals surface area contributed by atoms with Crippen LogP contribution in [-0.2, 0) is 4.79 Å². The predicted molar refractivity (Wildman–Crippen MR) is 108 cm³/mol. The summed E-state index contributed by atoms with van der Waals surface area (Å²) in [6.07, 6.45) is 8.20. The number of aromatic nitrogens is 4. The summed E-state index contributed by atoms with van der Waals surface area (Å²) in [5.74, 6) is 3.11. The molecule has 1 amide bonds. The Morgan fingerprint density at radius 2 is 1.82 bits per heavy atom. The molecule has 6 rings (SSSR count). The van der Waals surface area contributed by atoms with E-state index in [0.29, 0.717) is 16.3 Å². The van der Waals surface area contributed by atoms with E-state index in [-0.39, 0.29) is 11.9 Å². The fourth-order valence-corrected chi connectivity index (χ4v) is 6.98. The van der Waals surface area contributed by atoms with Crippen molar-refractivity contribution < 1.29 is 4.79 Å². The summed E-state index contributed by atoms with van der Waals surface area (Å²) in [4.78, 5) is 12.7. The molecule has 4 aliphatic rings. The number of thioether (sulfide) groups is 1. The van der Waals surface area contributed by atoms with E-state index in [1.54, 1.807) is 4.68 Å². The lowest BCUT2D eigenvalue weighted by Crippen LogP contribution is -2.56. The minimum absolute atomic E-state index is 0.0795. The van der Waals surface area contributed by atoms with Gasteiger partial charge in [0.15, 0.2) is 0 Å². The van der Waals surface area contributed by atoms with E-state index in [4.69, 9.17) is 0 Å². The number of hydrogen-bond donors (Lipinski definition) is 1. The number of amides is 1. The Kier molecular flexibility index (Phi) is 4.65. The molecule has 0 radical (unpaired) electrons. The van der Waals surface area contributed by atoms with Crippen molar-refractivity contribution in [3.8, 4) is 5.69 Å². The number of nitrogens with zero attached hydrogens (tertiary/aromatic N) is 4. The van der Waals surface area contributed by atoms with Crippen molar-refractivity contribution in [3.05, 3.63) is 30.3 Å². The van der Waals surface area contributed by atoms with Gasteiger partial charge in [-0.25, -0.2) is 0 Å². The molecule has 4 aliphatic carbocycles. The molecule has 0 aliphatic heterocycles. The van der Waals surface area contributed by atoms with Crippen molar-refractivity contribution in [2.24, 2.45) is 23.2 Å². The van der Waals surface area contributed by atoms with Crippen LogP contribution in [0.5, 0.6) is 0 Å². The van der Waals surface area contributed by atoms with Gasteiger partial charge in [-0.1, -0.05) is 30.0 Å². The first-order valence-corrected chi connectivity index (χ1v) is 11.4. The molecule has 0 saturated heterocycles. The topological polar surface area (TPSA) is 72.7 Å². The van der Waals surface area contributed by atoms with Crippen molar-refractivity contribution in [2.75, 3.05) is 5.75 Å². The average Bonchev–Trinajstić information content (AvgIpc) is 3.14. The monoisotopic (exact) mass is 397 g/mol. The summed E-state index contributed by atoms with van der Waals surface area (Å²) in [7, 11) is 0. The molecule has 0 spiro atoms. The smallest absolute Gasteiger partial charge is 0.230 e. The van der Waals surface area contributed by atoms with E-state index in [9.17, 15) is 4.79 Å². The molecule has 1 N–H and O–H groups in total. The van der Waals surface area contributed by atoms with Crippen molar-refractivity contribution in [3.63, 3.8) is 0 Å². The van der Waals surface area contributed by atoms with Gasteiger partial charge in [-0.3, -0.25) is 4.79 Å². The highest BCUT2D eigenvalue weighted by atomic mass is 32.2. The first-order chi connectivity index (χ1) is 13.6. The van der Waals surface area contributed by atoms with Crippen LogP contribution in [-0.4, -0.2) is 37.9 Å². The fraction of sp³-hybridized carbons (Fsp3) is 0.619. The predicted octanol–water partition coefficient (Wildman–Crippen LogP) is 3.48. The molecule has 1 heterocycles. The van der Waals surface area contributed by atoms with Crippen LogP contribution in [0.3, 0.4) is 0 Å². The zero-order valence-electron chi connectivity index (χ0n) is 16.3. The molecule has 4 fully saturated rings. The third-order valence-electron chi connectivity index (χ3n) is 7.16. The molecule has 148 valence electrons. The minimum Gasteiger partial charge on any atom is -0.352 e. The molecule has 7 heteroatoms. The number of benzene rings is 1. The maximum atomic E-state index is 12.7. The molecule has 6 nitrogen and oxygen atoms in total. The van der Waals surface area contributed by atoms with Crippen LogP contribution in [0.4, 0.5) is 0 Å². The Hall–Kier alpha value is -1.89. The molecule has 4 bridgehead atoms. The number of rotatable bonds is 6. The standard InChI is InChI=1S/C21H27N5OS/c1-14(21-10-15-7-16(11-21)9-17(8-15)12-21)22-19(27)13-28-20-23-24-25-26(20)18-5-3-2-4-6-18/h2-6,14-17H,7-13H2,1H3,(H,22,27)/t14-,15?,16?,17?,21?/m1/s1. The highest BCUT2D eigenvalue weighted by Gasteiger charge is 2.53. The maximum Gasteiger partial charge on any atom is 0.230 e. The zero-order chi connectivity index (χ0) is 19.1. The normalized spacial score (nSPS) is 31.7. The first-order valence-electron chi connectivity index (χ1n) is 10.4. The number of nitrogens with one attached hydrogen (secondary N) is 1. The van der Waals surface area contributed by atoms with Gasteiger partial charge in [-0.2, -0.15) is 4.68 Å². The maximum absolute atomic E-state index is 12.7. The Labute approximate surface area is 169 Å². The van der Waals surface area contributed by atoms with Crippen LogP contribution in [0.1, 0.15) is 45.4 Å². The summed E-state index contributed by atoms with van der Waals surface area (Å²) < 4.78 is 1.68. The Bertz CT molecular complexity index is 816. The zero-order valence-corrected chi connectivity index (χ0v) is 17.1. The van der Waals surface area contributed by atoms with E-state index in [0.717, 1.165) is 23.4 Å². The SMILES string of the molecule is C[C@@H](NC(=O)CSc1nnnn1-c1ccccc1)C12CC3CC(CC(C3)C1)C2. The summed E-state index contributed by atoms with van der Waals surface area (Å²) in [5, 5.41) is 15.9. The molecular weight excluding hydrogens is 370 g/mol. The third-order valence-corrected chi connectivity index (χ3v) is 8.07. The summed E-state index contributed by atoms with van der Waals surface area (Å²) in [5.41, 5.74) is 1.23. The highest BCUT2D eigenvalue weighted by Crippen LogP contribution is 2.61. The second-order valence-corrected chi connectivity index (χ2v) is 10.0. The second-order valence-electron chi connectivity index (χ2n) is 9.07. The van der Waals surface area contributed by atoms with Crippen molar-refractivity contribution in [2.45, 2.75) is 56.6 Å². The number of carbonyl (C=O) groups excluding carboxylic acids is 1. The lowest BCUT2D eigenvalue weighted by molar-refractivity contribution is -0.123. The van der Waals surface area contributed by atoms with Crippen LogP contribution in [0.25, 0.3) is 5.69 Å². The van der Waals surface area contributed by atoms with Crippen LogP contribution in [0.15, 0.2) is 35.5 Å². The lowest BCUT2D eigenvalue weighted by Gasteiger charge is -2.59. The van der Waals surface area contributed by atoms with Crippen molar-refractivity contribution >= 4 is 17.7 Å². The van der Waals surface area contributed by atoms with Gasteiger partial charge in [0.25, 0.3) is 0 Å². The van der Waals surface area contributed by atoms with Gasteiger partial charge in [0, 0.05) is 6.04 Å². The van der Waals surface area contributed by atoms with Crippen molar-refractivity contribution in [1.82, 2.24) is 25.5 Å². The fourth-order valence-electron chi connectivity index (χ4n) is 6.27. The van der Waals surface area contributed by atoms with Gasteiger partial charge in [0.2, 0.25) is 11.1 Å². The van der Waals surface area contributed by atoms with Gasteiger partial charge in [0.1, 0.15) is 0 Å². The van der Waals surface area contributed by atoms with E-state index >= 15 is 0 Å². The first kappa shape index (κ1) is 18.2. The minimum atomic E-state index is 0.0795. The number of carbonyl (C=O) groups is 1. The molecule has 2 aromatic rings. The summed E-state index contributed by atoms with van der Waals surface area (Å²) >= 11 is 1.39. The van der Waals surface area contributed by atoms with Crippen LogP contribution < -0.4 is 5.32 Å². The van der Waals surface area contributed by atoms with Crippen LogP contribution in [0, 0.1) is 23.2 Å². The lowest BCUT2D eigenvalue weighted by atomic mass is 9.48. The number of hydrogen-bond acceptors (Lipinski definition) is 5. The van der Waals surface area contributed by atoms with Gasteiger partial charge < -0.3 is 5.32 Å². The van der Waals surface area contributed by atoms with E-state index in [2.05, 4.69) is 27.8 Å². The average molecular weight is 398 g/mol. The van der Waals surface area contributed by atoms with Gasteiger partial charge in [-0.15, -0.1) is 5.10 Å². The van der Waals surface area contributed by atoms with Gasteiger partial charge in [-0.05, 0) is 91.2 Å². The molecule has 1 aromatic heterocycles. The number of tetrazole rings is 1. The van der Waals surface area contributed by atoms with Crippen LogP contribution in [0.2, 0.25) is 0 Å². The highest BCUT2D eigenvalue weighted by molar-refractivity contribution is 7.99. The van der Waals surface area contributed by atoms with E-state index in [1.165, 1.54) is 50.3 Å². The molecule has 0 unspecified atom stereocenters.